The van der Waals surface area contributed by atoms with Gasteiger partial charge < -0.3 is 15.7 Å². The van der Waals surface area contributed by atoms with Crippen LogP contribution in [0.15, 0.2) is 18.2 Å². The molecule has 0 radical (unpaired) electrons. The van der Waals surface area contributed by atoms with Crippen molar-refractivity contribution in [1.82, 2.24) is 10.6 Å². The summed E-state index contributed by atoms with van der Waals surface area (Å²) in [6, 6.07) is 4.09. The number of carbonyl (C=O) groups excluding carboxylic acids is 2. The van der Waals surface area contributed by atoms with Gasteiger partial charge in [0.25, 0.3) is 5.91 Å². The van der Waals surface area contributed by atoms with Gasteiger partial charge in [-0.25, -0.2) is 0 Å². The van der Waals surface area contributed by atoms with Gasteiger partial charge >= 0.3 is 0 Å². The lowest BCUT2D eigenvalue weighted by molar-refractivity contribution is -0.124. The molecule has 0 aliphatic carbocycles. The van der Waals surface area contributed by atoms with E-state index in [9.17, 15) is 14.7 Å². The summed E-state index contributed by atoms with van der Waals surface area (Å²) in [7, 11) is 1.53. The van der Waals surface area contributed by atoms with Gasteiger partial charge in [-0.1, -0.05) is 32.4 Å². The van der Waals surface area contributed by atoms with E-state index in [1.165, 1.54) is 13.1 Å². The zero-order chi connectivity index (χ0) is 15.5. The third-order valence-corrected chi connectivity index (χ3v) is 3.05. The maximum atomic E-state index is 12.2. The summed E-state index contributed by atoms with van der Waals surface area (Å²) in [4.78, 5) is 24.1. The molecule has 1 rings (SSSR count). The number of amides is 2. The van der Waals surface area contributed by atoms with Crippen molar-refractivity contribution in [3.63, 3.8) is 0 Å². The SMILES string of the molecule is CNC(=O)[C@@H](NC(=O)c1cc(C)ccc1O)C(C)(C)C. The molecular weight excluding hydrogens is 256 g/mol. The zero-order valence-corrected chi connectivity index (χ0v) is 12.6. The van der Waals surface area contributed by atoms with Crippen LogP contribution in [0.4, 0.5) is 0 Å². The van der Waals surface area contributed by atoms with Crippen molar-refractivity contribution in [1.29, 1.82) is 0 Å². The lowest BCUT2D eigenvalue weighted by Crippen LogP contribution is -2.52. The number of hydrogen-bond acceptors (Lipinski definition) is 3. The number of aryl methyl sites for hydroxylation is 1. The van der Waals surface area contributed by atoms with E-state index in [0.29, 0.717) is 0 Å². The van der Waals surface area contributed by atoms with Crippen molar-refractivity contribution in [2.24, 2.45) is 5.41 Å². The van der Waals surface area contributed by atoms with E-state index in [-0.39, 0.29) is 17.2 Å². The Morgan fingerprint density at radius 3 is 2.35 bits per heavy atom. The molecule has 1 atom stereocenters. The molecule has 0 aliphatic rings. The minimum absolute atomic E-state index is 0.0994. The fourth-order valence-corrected chi connectivity index (χ4v) is 1.86. The van der Waals surface area contributed by atoms with E-state index >= 15 is 0 Å². The summed E-state index contributed by atoms with van der Waals surface area (Å²) in [5.41, 5.74) is 0.596. The molecule has 0 aromatic heterocycles. The lowest BCUT2D eigenvalue weighted by Gasteiger charge is -2.30. The number of hydrogen-bond donors (Lipinski definition) is 3. The van der Waals surface area contributed by atoms with Crippen LogP contribution in [0.2, 0.25) is 0 Å². The van der Waals surface area contributed by atoms with E-state index in [2.05, 4.69) is 10.6 Å². The van der Waals surface area contributed by atoms with E-state index < -0.39 is 17.4 Å². The highest BCUT2D eigenvalue weighted by Crippen LogP contribution is 2.22. The van der Waals surface area contributed by atoms with Crippen LogP contribution < -0.4 is 10.6 Å². The van der Waals surface area contributed by atoms with Crippen LogP contribution in [0.25, 0.3) is 0 Å². The van der Waals surface area contributed by atoms with Crippen LogP contribution in [0, 0.1) is 12.3 Å². The van der Waals surface area contributed by atoms with Gasteiger partial charge in [-0.05, 0) is 24.5 Å². The van der Waals surface area contributed by atoms with Crippen molar-refractivity contribution < 1.29 is 14.7 Å². The quantitative estimate of drug-likeness (QED) is 0.785. The first-order valence-corrected chi connectivity index (χ1v) is 6.49. The maximum absolute atomic E-state index is 12.2. The molecule has 5 nitrogen and oxygen atoms in total. The van der Waals surface area contributed by atoms with E-state index in [1.54, 1.807) is 12.1 Å². The van der Waals surface area contributed by atoms with Crippen molar-refractivity contribution >= 4 is 11.8 Å². The third kappa shape index (κ3) is 3.73. The highest BCUT2D eigenvalue weighted by molar-refractivity contribution is 5.99. The number of benzene rings is 1. The molecule has 0 spiro atoms. The molecule has 0 saturated heterocycles. The molecular formula is C15H22N2O3. The van der Waals surface area contributed by atoms with Gasteiger partial charge in [-0.3, -0.25) is 9.59 Å². The number of nitrogens with one attached hydrogen (secondary N) is 2. The van der Waals surface area contributed by atoms with Gasteiger partial charge in [0.05, 0.1) is 5.56 Å². The van der Waals surface area contributed by atoms with E-state index in [1.807, 2.05) is 27.7 Å². The fourth-order valence-electron chi connectivity index (χ4n) is 1.86. The summed E-state index contributed by atoms with van der Waals surface area (Å²) >= 11 is 0. The zero-order valence-electron chi connectivity index (χ0n) is 12.6. The first-order valence-electron chi connectivity index (χ1n) is 6.49. The molecule has 0 aliphatic heterocycles. The van der Waals surface area contributed by atoms with Gasteiger partial charge in [0.2, 0.25) is 5.91 Å². The van der Waals surface area contributed by atoms with Gasteiger partial charge in [0, 0.05) is 7.05 Å². The Hall–Kier alpha value is -2.04. The van der Waals surface area contributed by atoms with Crippen LogP contribution in [0.3, 0.4) is 0 Å². The average Bonchev–Trinajstić information content (AvgIpc) is 2.36. The van der Waals surface area contributed by atoms with Crippen LogP contribution >= 0.6 is 0 Å². The molecule has 0 fully saturated rings. The Morgan fingerprint density at radius 2 is 1.85 bits per heavy atom. The highest BCUT2D eigenvalue weighted by atomic mass is 16.3. The normalized spacial score (nSPS) is 12.7. The summed E-state index contributed by atoms with van der Waals surface area (Å²) < 4.78 is 0. The van der Waals surface area contributed by atoms with Crippen LogP contribution in [0.5, 0.6) is 5.75 Å². The first-order chi connectivity index (χ1) is 9.16. The van der Waals surface area contributed by atoms with Gasteiger partial charge in [0.1, 0.15) is 11.8 Å². The van der Waals surface area contributed by atoms with Crippen LogP contribution in [0.1, 0.15) is 36.7 Å². The second-order valence-corrected chi connectivity index (χ2v) is 5.91. The predicted molar refractivity (Wildman–Crippen MR) is 77.6 cm³/mol. The van der Waals surface area contributed by atoms with Gasteiger partial charge in [-0.2, -0.15) is 0 Å². The minimum atomic E-state index is -0.681. The molecule has 0 bridgehead atoms. The molecule has 0 heterocycles. The van der Waals surface area contributed by atoms with Crippen LogP contribution in [-0.4, -0.2) is 30.0 Å². The molecule has 0 saturated carbocycles. The van der Waals surface area contributed by atoms with Crippen molar-refractivity contribution in [2.45, 2.75) is 33.7 Å². The monoisotopic (exact) mass is 278 g/mol. The molecule has 1 aromatic rings. The average molecular weight is 278 g/mol. The van der Waals surface area contributed by atoms with Crippen molar-refractivity contribution in [3.05, 3.63) is 29.3 Å². The Morgan fingerprint density at radius 1 is 1.25 bits per heavy atom. The first kappa shape index (κ1) is 16.0. The van der Waals surface area contributed by atoms with Crippen molar-refractivity contribution in [3.8, 4) is 5.75 Å². The summed E-state index contributed by atoms with van der Waals surface area (Å²) in [5.74, 6) is -0.828. The number of rotatable bonds is 3. The van der Waals surface area contributed by atoms with Crippen LogP contribution in [-0.2, 0) is 4.79 Å². The Balaban J connectivity index is 3.02. The van der Waals surface area contributed by atoms with Gasteiger partial charge in [0.15, 0.2) is 0 Å². The Labute approximate surface area is 119 Å². The highest BCUT2D eigenvalue weighted by Gasteiger charge is 2.32. The molecule has 110 valence electrons. The number of phenols is 1. The predicted octanol–water partition coefficient (Wildman–Crippen LogP) is 1.59. The summed E-state index contributed by atoms with van der Waals surface area (Å²) in [6.45, 7) is 7.42. The van der Waals surface area contributed by atoms with Gasteiger partial charge in [-0.15, -0.1) is 0 Å². The molecule has 2 amide bonds. The molecule has 5 heteroatoms. The Bertz CT molecular complexity index is 518. The minimum Gasteiger partial charge on any atom is -0.507 e. The number of carbonyl (C=O) groups is 2. The molecule has 1 aromatic carbocycles. The molecule has 20 heavy (non-hydrogen) atoms. The maximum Gasteiger partial charge on any atom is 0.255 e. The number of aromatic hydroxyl groups is 1. The number of likely N-dealkylation sites (N-methyl/N-ethyl adjacent to an activating group) is 1. The number of phenolic OH excluding ortho intramolecular Hbond substituents is 1. The largest absolute Gasteiger partial charge is 0.507 e. The second-order valence-electron chi connectivity index (χ2n) is 5.91. The van der Waals surface area contributed by atoms with Crippen molar-refractivity contribution in [2.75, 3.05) is 7.05 Å². The second kappa shape index (κ2) is 5.94. The third-order valence-electron chi connectivity index (χ3n) is 3.05. The standard InChI is InChI=1S/C15H22N2O3/c1-9-6-7-11(18)10(8-9)13(19)17-12(14(20)16-5)15(2,3)4/h6-8,12,18H,1-5H3,(H,16,20)(H,17,19)/t12-/m1/s1. The molecule has 0 unspecified atom stereocenters. The molecule has 3 N–H and O–H groups in total. The van der Waals surface area contributed by atoms with E-state index in [4.69, 9.17) is 0 Å². The lowest BCUT2D eigenvalue weighted by atomic mass is 9.86. The van der Waals surface area contributed by atoms with E-state index in [0.717, 1.165) is 5.56 Å². The topological polar surface area (TPSA) is 78.4 Å². The smallest absolute Gasteiger partial charge is 0.255 e. The summed E-state index contributed by atoms with van der Waals surface area (Å²) in [5, 5.41) is 15.0. The Kier molecular flexibility index (Phi) is 4.76. The fraction of sp³-hybridized carbons (Fsp3) is 0.467. The summed E-state index contributed by atoms with van der Waals surface area (Å²) in [6.07, 6.45) is 0.